The third kappa shape index (κ3) is 5.23. The van der Waals surface area contributed by atoms with E-state index < -0.39 is 5.92 Å². The summed E-state index contributed by atoms with van der Waals surface area (Å²) >= 11 is 0. The van der Waals surface area contributed by atoms with Crippen molar-refractivity contribution in [1.82, 2.24) is 5.43 Å². The van der Waals surface area contributed by atoms with Gasteiger partial charge in [0, 0.05) is 18.7 Å². The van der Waals surface area contributed by atoms with Crippen LogP contribution in [0.25, 0.3) is 0 Å². The summed E-state index contributed by atoms with van der Waals surface area (Å²) in [5, 5.41) is 0. The average Bonchev–Trinajstić information content (AvgIpc) is 3.24. The first-order chi connectivity index (χ1) is 16.0. The normalized spacial score (nSPS) is 15.3. The molecule has 0 spiro atoms. The molecule has 1 aliphatic rings. The molecule has 3 aromatic carbocycles. The van der Waals surface area contributed by atoms with E-state index >= 15 is 0 Å². The van der Waals surface area contributed by atoms with Crippen LogP contribution < -0.4 is 25.2 Å². The van der Waals surface area contributed by atoms with Gasteiger partial charge in [0.15, 0.2) is 11.5 Å². The minimum atomic E-state index is -0.487. The summed E-state index contributed by atoms with van der Waals surface area (Å²) in [5.74, 6) is -0.322. The molecule has 1 heterocycles. The number of methoxy groups -OCH3 is 1. The molecular formula is C25H24FN3O4. The van der Waals surface area contributed by atoms with E-state index in [1.807, 2.05) is 30.3 Å². The van der Waals surface area contributed by atoms with Crippen LogP contribution in [0.5, 0.6) is 11.5 Å². The molecule has 8 heteroatoms. The number of carbonyl (C=O) groups excluding carboxylic acids is 2. The number of anilines is 2. The highest BCUT2D eigenvalue weighted by Gasteiger charge is 2.35. The number of carbonyl (C=O) groups is 2. The fourth-order valence-corrected chi connectivity index (χ4v) is 3.63. The molecule has 0 aromatic heterocycles. The summed E-state index contributed by atoms with van der Waals surface area (Å²) in [6.45, 7) is 0.495. The number of hydrogen-bond acceptors (Lipinski definition) is 5. The van der Waals surface area contributed by atoms with Gasteiger partial charge in [0.1, 0.15) is 12.4 Å². The molecule has 33 heavy (non-hydrogen) atoms. The van der Waals surface area contributed by atoms with Crippen LogP contribution in [0.2, 0.25) is 0 Å². The lowest BCUT2D eigenvalue weighted by atomic mass is 10.1. The molecule has 1 fully saturated rings. The molecular weight excluding hydrogens is 425 g/mol. The highest BCUT2D eigenvalue weighted by Crippen LogP contribution is 2.35. The Balaban J connectivity index is 1.41. The number of nitrogens with zero attached hydrogens (tertiary/aromatic N) is 1. The van der Waals surface area contributed by atoms with Crippen molar-refractivity contribution in [2.24, 2.45) is 5.92 Å². The maximum atomic E-state index is 13.1. The Morgan fingerprint density at radius 3 is 2.55 bits per heavy atom. The number of nitrogens with one attached hydrogen (secondary N) is 2. The first kappa shape index (κ1) is 22.1. The molecule has 4 rings (SSSR count). The number of amides is 2. The van der Waals surface area contributed by atoms with Gasteiger partial charge in [0.05, 0.1) is 18.7 Å². The summed E-state index contributed by atoms with van der Waals surface area (Å²) in [5.41, 5.74) is 7.61. The smallest absolute Gasteiger partial charge is 0.243 e. The fraction of sp³-hybridized carbons (Fsp3) is 0.200. The Kier molecular flexibility index (Phi) is 6.73. The second-order valence-corrected chi connectivity index (χ2v) is 7.61. The van der Waals surface area contributed by atoms with Crippen molar-refractivity contribution in [3.63, 3.8) is 0 Å². The quantitative estimate of drug-likeness (QED) is 0.510. The van der Waals surface area contributed by atoms with E-state index in [1.54, 1.807) is 35.2 Å². The number of ether oxygens (including phenoxy) is 2. The van der Waals surface area contributed by atoms with E-state index in [0.717, 1.165) is 11.3 Å². The van der Waals surface area contributed by atoms with E-state index in [2.05, 4.69) is 10.9 Å². The Labute approximate surface area is 191 Å². The number of hydrogen-bond donors (Lipinski definition) is 2. The van der Waals surface area contributed by atoms with E-state index in [9.17, 15) is 14.0 Å². The van der Waals surface area contributed by atoms with Crippen molar-refractivity contribution in [1.29, 1.82) is 0 Å². The predicted octanol–water partition coefficient (Wildman–Crippen LogP) is 3.91. The Morgan fingerprint density at radius 2 is 1.82 bits per heavy atom. The number of benzene rings is 3. The molecule has 2 N–H and O–H groups in total. The summed E-state index contributed by atoms with van der Waals surface area (Å²) in [6.07, 6.45) is 0.133. The van der Waals surface area contributed by atoms with Gasteiger partial charge < -0.3 is 14.4 Å². The first-order valence-corrected chi connectivity index (χ1v) is 10.5. The minimum Gasteiger partial charge on any atom is -0.493 e. The second-order valence-electron chi connectivity index (χ2n) is 7.61. The number of hydrazine groups is 1. The van der Waals surface area contributed by atoms with E-state index in [4.69, 9.17) is 9.47 Å². The van der Waals surface area contributed by atoms with E-state index in [1.165, 1.54) is 19.2 Å². The van der Waals surface area contributed by atoms with Crippen LogP contribution in [0.3, 0.4) is 0 Å². The molecule has 0 unspecified atom stereocenters. The van der Waals surface area contributed by atoms with Gasteiger partial charge in [0.25, 0.3) is 0 Å². The van der Waals surface area contributed by atoms with Gasteiger partial charge in [-0.25, -0.2) is 4.39 Å². The summed E-state index contributed by atoms with van der Waals surface area (Å²) in [7, 11) is 1.52. The van der Waals surface area contributed by atoms with Gasteiger partial charge in [-0.05, 0) is 42.0 Å². The zero-order valence-electron chi connectivity index (χ0n) is 18.1. The van der Waals surface area contributed by atoms with Crippen molar-refractivity contribution >= 4 is 23.2 Å². The molecule has 0 saturated carbocycles. The molecule has 1 aliphatic heterocycles. The lowest BCUT2D eigenvalue weighted by molar-refractivity contribution is -0.125. The SMILES string of the molecule is COc1cccc(NNC(=O)[C@H]2CC(=O)N(c3ccccc3)C2)c1OCc1ccc(F)cc1. The van der Waals surface area contributed by atoms with Crippen molar-refractivity contribution < 1.29 is 23.5 Å². The van der Waals surface area contributed by atoms with Crippen LogP contribution in [0, 0.1) is 11.7 Å². The zero-order valence-corrected chi connectivity index (χ0v) is 18.1. The number of halogens is 1. The summed E-state index contributed by atoms with van der Waals surface area (Å²) < 4.78 is 24.4. The van der Waals surface area contributed by atoms with Crippen LogP contribution >= 0.6 is 0 Å². The topological polar surface area (TPSA) is 79.9 Å². The highest BCUT2D eigenvalue weighted by molar-refractivity contribution is 6.00. The Hall–Kier alpha value is -4.07. The van der Waals surface area contributed by atoms with Crippen LogP contribution in [0.4, 0.5) is 15.8 Å². The third-order valence-electron chi connectivity index (χ3n) is 5.38. The molecule has 3 aromatic rings. The number of para-hydroxylation sites is 2. The molecule has 0 aliphatic carbocycles. The molecule has 170 valence electrons. The van der Waals surface area contributed by atoms with E-state index in [0.29, 0.717) is 23.7 Å². The third-order valence-corrected chi connectivity index (χ3v) is 5.38. The highest BCUT2D eigenvalue weighted by atomic mass is 19.1. The van der Waals surface area contributed by atoms with Crippen LogP contribution in [0.15, 0.2) is 72.8 Å². The Bertz CT molecular complexity index is 1120. The van der Waals surface area contributed by atoms with Crippen molar-refractivity contribution in [2.75, 3.05) is 24.0 Å². The van der Waals surface area contributed by atoms with Crippen molar-refractivity contribution in [2.45, 2.75) is 13.0 Å². The monoisotopic (exact) mass is 449 g/mol. The van der Waals surface area contributed by atoms with Gasteiger partial charge in [-0.2, -0.15) is 0 Å². The van der Waals surface area contributed by atoms with Gasteiger partial charge >= 0.3 is 0 Å². The van der Waals surface area contributed by atoms with Crippen LogP contribution in [-0.4, -0.2) is 25.5 Å². The maximum Gasteiger partial charge on any atom is 0.243 e. The molecule has 0 radical (unpaired) electrons. The average molecular weight is 449 g/mol. The van der Waals surface area contributed by atoms with Crippen molar-refractivity contribution in [3.8, 4) is 11.5 Å². The second kappa shape index (κ2) is 10.0. The van der Waals surface area contributed by atoms with Gasteiger partial charge in [0.2, 0.25) is 11.8 Å². The molecule has 7 nitrogen and oxygen atoms in total. The van der Waals surface area contributed by atoms with Gasteiger partial charge in [-0.3, -0.25) is 20.4 Å². The zero-order chi connectivity index (χ0) is 23.2. The van der Waals surface area contributed by atoms with Gasteiger partial charge in [-0.15, -0.1) is 0 Å². The predicted molar refractivity (Wildman–Crippen MR) is 122 cm³/mol. The van der Waals surface area contributed by atoms with Gasteiger partial charge in [-0.1, -0.05) is 36.4 Å². The molecule has 1 atom stereocenters. The number of rotatable bonds is 8. The largest absolute Gasteiger partial charge is 0.493 e. The summed E-state index contributed by atoms with van der Waals surface area (Å²) in [4.78, 5) is 26.8. The lowest BCUT2D eigenvalue weighted by Gasteiger charge is -2.18. The summed E-state index contributed by atoms with van der Waals surface area (Å²) in [6, 6.07) is 20.5. The molecule has 2 amide bonds. The van der Waals surface area contributed by atoms with Crippen molar-refractivity contribution in [3.05, 3.63) is 84.2 Å². The van der Waals surface area contributed by atoms with Crippen LogP contribution in [-0.2, 0) is 16.2 Å². The minimum absolute atomic E-state index is 0.0916. The lowest BCUT2D eigenvalue weighted by Crippen LogP contribution is -2.36. The maximum absolute atomic E-state index is 13.1. The Morgan fingerprint density at radius 1 is 1.06 bits per heavy atom. The standard InChI is InChI=1S/C25H24FN3O4/c1-32-22-9-5-8-21(24(22)33-16-17-10-12-19(26)13-11-17)27-28-25(31)18-14-23(30)29(15-18)20-6-3-2-4-7-20/h2-13,18,27H,14-16H2,1H3,(H,28,31)/t18-/m0/s1. The fourth-order valence-electron chi connectivity index (χ4n) is 3.63. The van der Waals surface area contributed by atoms with Crippen LogP contribution in [0.1, 0.15) is 12.0 Å². The molecule has 0 bridgehead atoms. The molecule has 1 saturated heterocycles. The van der Waals surface area contributed by atoms with E-state index in [-0.39, 0.29) is 30.7 Å². The first-order valence-electron chi connectivity index (χ1n) is 10.5.